The maximum absolute atomic E-state index is 11.5. The summed E-state index contributed by atoms with van der Waals surface area (Å²) >= 11 is 0. The van der Waals surface area contributed by atoms with Crippen LogP contribution in [0.25, 0.3) is 0 Å². The number of ether oxygens (including phenoxy) is 1. The SMILES string of the molecule is CCNC(=O)COc1cccc(CN=C(NCC)NC2CCCC(CC)C2)c1.I. The molecule has 29 heavy (non-hydrogen) atoms. The summed E-state index contributed by atoms with van der Waals surface area (Å²) in [5, 5.41) is 9.70. The highest BCUT2D eigenvalue weighted by Gasteiger charge is 2.21. The van der Waals surface area contributed by atoms with Crippen molar-refractivity contribution >= 4 is 35.8 Å². The number of carbonyl (C=O) groups is 1. The topological polar surface area (TPSA) is 74.8 Å². The molecule has 0 radical (unpaired) electrons. The molecule has 1 fully saturated rings. The van der Waals surface area contributed by atoms with Crippen LogP contribution in [0.1, 0.15) is 58.4 Å². The van der Waals surface area contributed by atoms with Crippen LogP contribution in [0.4, 0.5) is 0 Å². The molecule has 0 aromatic heterocycles. The highest BCUT2D eigenvalue weighted by molar-refractivity contribution is 14.0. The molecule has 2 atom stereocenters. The number of benzene rings is 1. The van der Waals surface area contributed by atoms with Crippen molar-refractivity contribution in [1.29, 1.82) is 0 Å². The van der Waals surface area contributed by atoms with Gasteiger partial charge in [0.2, 0.25) is 0 Å². The third-order valence-electron chi connectivity index (χ3n) is 5.11. The number of halogens is 1. The summed E-state index contributed by atoms with van der Waals surface area (Å²) < 4.78 is 5.57. The molecule has 1 aliphatic carbocycles. The van der Waals surface area contributed by atoms with Gasteiger partial charge in [0.25, 0.3) is 5.91 Å². The van der Waals surface area contributed by atoms with Crippen LogP contribution in [-0.2, 0) is 11.3 Å². The zero-order chi connectivity index (χ0) is 20.2. The van der Waals surface area contributed by atoms with Crippen molar-refractivity contribution in [3.63, 3.8) is 0 Å². The first kappa shape index (κ1) is 25.5. The quantitative estimate of drug-likeness (QED) is 0.265. The first-order valence-corrected chi connectivity index (χ1v) is 10.7. The molecule has 164 valence electrons. The lowest BCUT2D eigenvalue weighted by Crippen LogP contribution is -2.45. The second kappa shape index (κ2) is 14.5. The fraction of sp³-hybridized carbons (Fsp3) is 0.636. The van der Waals surface area contributed by atoms with Gasteiger partial charge in [0.1, 0.15) is 5.75 Å². The standard InChI is InChI=1S/C22H36N4O2.HI/c1-4-17-9-7-11-19(13-17)26-22(24-6-3)25-15-18-10-8-12-20(14-18)28-16-21(27)23-5-2;/h8,10,12,14,17,19H,4-7,9,11,13,15-16H2,1-3H3,(H,23,27)(H2,24,25,26);1H. The zero-order valence-electron chi connectivity index (χ0n) is 18.0. The third kappa shape index (κ3) is 9.69. The second-order valence-electron chi connectivity index (χ2n) is 7.37. The number of nitrogens with zero attached hydrogens (tertiary/aromatic N) is 1. The molecule has 1 aromatic rings. The van der Waals surface area contributed by atoms with E-state index in [0.29, 0.717) is 24.9 Å². The number of guanidine groups is 1. The van der Waals surface area contributed by atoms with Crippen LogP contribution in [0.15, 0.2) is 29.3 Å². The largest absolute Gasteiger partial charge is 0.484 e. The van der Waals surface area contributed by atoms with Crippen molar-refractivity contribution in [2.24, 2.45) is 10.9 Å². The average molecular weight is 516 g/mol. The number of hydrogen-bond acceptors (Lipinski definition) is 3. The Kier molecular flexibility index (Phi) is 12.7. The van der Waals surface area contributed by atoms with Gasteiger partial charge in [0, 0.05) is 19.1 Å². The molecule has 0 bridgehead atoms. The fourth-order valence-corrected chi connectivity index (χ4v) is 3.61. The van der Waals surface area contributed by atoms with Crippen LogP contribution in [0.2, 0.25) is 0 Å². The van der Waals surface area contributed by atoms with Crippen molar-refractivity contribution in [2.45, 2.75) is 65.5 Å². The van der Waals surface area contributed by atoms with E-state index in [2.05, 4.69) is 29.8 Å². The van der Waals surface area contributed by atoms with E-state index >= 15 is 0 Å². The molecule has 2 unspecified atom stereocenters. The van der Waals surface area contributed by atoms with Crippen LogP contribution in [0, 0.1) is 5.92 Å². The van der Waals surface area contributed by atoms with Crippen LogP contribution in [0.3, 0.4) is 0 Å². The zero-order valence-corrected chi connectivity index (χ0v) is 20.3. The number of hydrogen-bond donors (Lipinski definition) is 3. The van der Waals surface area contributed by atoms with Gasteiger partial charge in [0.15, 0.2) is 12.6 Å². The predicted octanol–water partition coefficient (Wildman–Crippen LogP) is 3.84. The predicted molar refractivity (Wildman–Crippen MR) is 130 cm³/mol. The van der Waals surface area contributed by atoms with E-state index < -0.39 is 0 Å². The number of amides is 1. The second-order valence-corrected chi connectivity index (χ2v) is 7.37. The van der Waals surface area contributed by atoms with E-state index in [4.69, 9.17) is 9.73 Å². The molecule has 0 spiro atoms. The van der Waals surface area contributed by atoms with Crippen LogP contribution in [0.5, 0.6) is 5.75 Å². The molecule has 7 heteroatoms. The summed E-state index contributed by atoms with van der Waals surface area (Å²) in [5.41, 5.74) is 1.06. The van der Waals surface area contributed by atoms with Gasteiger partial charge in [0.05, 0.1) is 6.54 Å². The van der Waals surface area contributed by atoms with E-state index in [1.165, 1.54) is 32.1 Å². The fourth-order valence-electron chi connectivity index (χ4n) is 3.61. The Morgan fingerprint density at radius 3 is 2.69 bits per heavy atom. The Balaban J connectivity index is 0.00000420. The first-order valence-electron chi connectivity index (χ1n) is 10.7. The minimum atomic E-state index is -0.109. The molecule has 6 nitrogen and oxygen atoms in total. The molecule has 1 aliphatic rings. The van der Waals surface area contributed by atoms with Crippen LogP contribution in [-0.4, -0.2) is 37.6 Å². The van der Waals surface area contributed by atoms with E-state index in [9.17, 15) is 4.79 Å². The molecular formula is C22H37IN4O2. The van der Waals surface area contributed by atoms with Crippen LogP contribution < -0.4 is 20.7 Å². The van der Waals surface area contributed by atoms with Gasteiger partial charge in [-0.15, -0.1) is 24.0 Å². The highest BCUT2D eigenvalue weighted by atomic mass is 127. The Morgan fingerprint density at radius 1 is 1.17 bits per heavy atom. The van der Waals surface area contributed by atoms with E-state index in [0.717, 1.165) is 24.0 Å². The molecule has 1 saturated carbocycles. The molecule has 0 heterocycles. The normalized spacial score (nSPS) is 19.1. The summed E-state index contributed by atoms with van der Waals surface area (Å²) in [6.45, 7) is 8.31. The third-order valence-corrected chi connectivity index (χ3v) is 5.11. The summed E-state index contributed by atoms with van der Waals surface area (Å²) in [6.07, 6.45) is 6.34. The number of aliphatic imine (C=N–C) groups is 1. The summed E-state index contributed by atoms with van der Waals surface area (Å²) in [7, 11) is 0. The number of nitrogens with one attached hydrogen (secondary N) is 3. The maximum Gasteiger partial charge on any atom is 0.257 e. The molecule has 1 amide bonds. The van der Waals surface area contributed by atoms with E-state index in [1.54, 1.807) is 0 Å². The maximum atomic E-state index is 11.5. The first-order chi connectivity index (χ1) is 13.6. The smallest absolute Gasteiger partial charge is 0.257 e. The lowest BCUT2D eigenvalue weighted by molar-refractivity contribution is -0.122. The van der Waals surface area contributed by atoms with Gasteiger partial charge in [-0.3, -0.25) is 4.79 Å². The summed E-state index contributed by atoms with van der Waals surface area (Å²) in [5.74, 6) is 2.28. The van der Waals surface area contributed by atoms with Gasteiger partial charge >= 0.3 is 0 Å². The average Bonchev–Trinajstić information content (AvgIpc) is 2.71. The van der Waals surface area contributed by atoms with E-state index in [-0.39, 0.29) is 36.5 Å². The molecular weight excluding hydrogens is 479 g/mol. The lowest BCUT2D eigenvalue weighted by atomic mass is 9.84. The Bertz CT molecular complexity index is 639. The Labute approximate surface area is 192 Å². The highest BCUT2D eigenvalue weighted by Crippen LogP contribution is 2.26. The molecule has 0 aliphatic heterocycles. The van der Waals surface area contributed by atoms with E-state index in [1.807, 2.05) is 31.2 Å². The van der Waals surface area contributed by atoms with Gasteiger partial charge in [-0.05, 0) is 50.3 Å². The number of carbonyl (C=O) groups excluding carboxylic acids is 1. The van der Waals surface area contributed by atoms with Crippen molar-refractivity contribution in [2.75, 3.05) is 19.7 Å². The van der Waals surface area contributed by atoms with Crippen LogP contribution >= 0.6 is 24.0 Å². The van der Waals surface area contributed by atoms with Gasteiger partial charge in [-0.25, -0.2) is 4.99 Å². The Hall–Kier alpha value is -1.51. The van der Waals surface area contributed by atoms with Crippen molar-refractivity contribution < 1.29 is 9.53 Å². The van der Waals surface area contributed by atoms with Crippen molar-refractivity contribution in [1.82, 2.24) is 16.0 Å². The minimum absolute atomic E-state index is 0. The summed E-state index contributed by atoms with van der Waals surface area (Å²) in [6, 6.07) is 8.27. The van der Waals surface area contributed by atoms with Gasteiger partial charge < -0.3 is 20.7 Å². The monoisotopic (exact) mass is 516 g/mol. The number of rotatable bonds is 9. The van der Waals surface area contributed by atoms with Gasteiger partial charge in [-0.2, -0.15) is 0 Å². The Morgan fingerprint density at radius 2 is 1.97 bits per heavy atom. The minimum Gasteiger partial charge on any atom is -0.484 e. The lowest BCUT2D eigenvalue weighted by Gasteiger charge is -2.30. The van der Waals surface area contributed by atoms with Gasteiger partial charge in [-0.1, -0.05) is 38.3 Å². The summed E-state index contributed by atoms with van der Waals surface area (Å²) in [4.78, 5) is 16.3. The molecule has 1 aromatic carbocycles. The molecule has 2 rings (SSSR count). The molecule has 0 saturated heterocycles. The van der Waals surface area contributed by atoms with Crippen molar-refractivity contribution in [3.8, 4) is 5.75 Å². The number of likely N-dealkylation sites (N-methyl/N-ethyl adjacent to an activating group) is 1. The molecule has 3 N–H and O–H groups in total. The van der Waals surface area contributed by atoms with Crippen molar-refractivity contribution in [3.05, 3.63) is 29.8 Å².